The van der Waals surface area contributed by atoms with Crippen LogP contribution in [0.5, 0.6) is 0 Å². The summed E-state index contributed by atoms with van der Waals surface area (Å²) < 4.78 is 0. The van der Waals surface area contributed by atoms with Crippen LogP contribution in [0.2, 0.25) is 0 Å². The molecule has 2 heteroatoms. The molecule has 16 heavy (non-hydrogen) atoms. The third kappa shape index (κ3) is 3.21. The lowest BCUT2D eigenvalue weighted by Crippen LogP contribution is -2.48. The number of piperidine rings is 1. The van der Waals surface area contributed by atoms with Gasteiger partial charge in [0.2, 0.25) is 0 Å². The molecule has 0 radical (unpaired) electrons. The molecule has 0 aromatic carbocycles. The van der Waals surface area contributed by atoms with Crippen LogP contribution in [0.25, 0.3) is 0 Å². The van der Waals surface area contributed by atoms with Crippen molar-refractivity contribution in [2.75, 3.05) is 13.1 Å². The van der Waals surface area contributed by atoms with Crippen LogP contribution in [0.4, 0.5) is 0 Å². The van der Waals surface area contributed by atoms with E-state index in [2.05, 4.69) is 31.0 Å². The van der Waals surface area contributed by atoms with Crippen molar-refractivity contribution in [2.24, 2.45) is 5.92 Å². The van der Waals surface area contributed by atoms with Crippen LogP contribution >= 0.6 is 0 Å². The second kappa shape index (κ2) is 5.50. The highest BCUT2D eigenvalue weighted by Gasteiger charge is 2.28. The van der Waals surface area contributed by atoms with Gasteiger partial charge in [0, 0.05) is 18.1 Å². The van der Waals surface area contributed by atoms with Gasteiger partial charge in [-0.3, -0.25) is 4.90 Å². The van der Waals surface area contributed by atoms with Crippen LogP contribution in [-0.4, -0.2) is 36.1 Å². The van der Waals surface area contributed by atoms with Crippen LogP contribution in [0.15, 0.2) is 0 Å². The molecule has 3 unspecified atom stereocenters. The molecule has 1 saturated heterocycles. The second-order valence-electron chi connectivity index (χ2n) is 5.98. The first-order valence-corrected chi connectivity index (χ1v) is 7.17. The van der Waals surface area contributed by atoms with Crippen molar-refractivity contribution < 1.29 is 0 Å². The molecule has 1 saturated carbocycles. The van der Waals surface area contributed by atoms with E-state index < -0.39 is 0 Å². The normalized spacial score (nSPS) is 31.3. The fourth-order valence-electron chi connectivity index (χ4n) is 2.86. The Morgan fingerprint density at radius 2 is 1.94 bits per heavy atom. The van der Waals surface area contributed by atoms with Crippen molar-refractivity contribution in [3.8, 4) is 0 Å². The van der Waals surface area contributed by atoms with Gasteiger partial charge < -0.3 is 5.32 Å². The molecule has 0 bridgehead atoms. The van der Waals surface area contributed by atoms with E-state index in [1.54, 1.807) is 0 Å². The molecular weight excluding hydrogens is 196 g/mol. The summed E-state index contributed by atoms with van der Waals surface area (Å²) in [6.07, 6.45) is 7.03. The molecule has 0 aromatic rings. The van der Waals surface area contributed by atoms with Gasteiger partial charge in [0.1, 0.15) is 0 Å². The third-order valence-electron chi connectivity index (χ3n) is 4.51. The standard InChI is InChI=1S/C14H28N2/c1-11(10-15-14-7-8-14)13(3)16-9-5-4-6-12(16)2/h11-15H,4-10H2,1-3H3. The summed E-state index contributed by atoms with van der Waals surface area (Å²) in [5, 5.41) is 3.66. The van der Waals surface area contributed by atoms with E-state index in [1.807, 2.05) is 0 Å². The molecular formula is C14H28N2. The molecule has 2 rings (SSSR count). The van der Waals surface area contributed by atoms with E-state index in [4.69, 9.17) is 0 Å². The fraction of sp³-hybridized carbons (Fsp3) is 1.00. The van der Waals surface area contributed by atoms with Crippen molar-refractivity contribution in [1.29, 1.82) is 0 Å². The number of nitrogens with zero attached hydrogens (tertiary/aromatic N) is 1. The Hall–Kier alpha value is -0.0800. The van der Waals surface area contributed by atoms with E-state index in [0.29, 0.717) is 0 Å². The van der Waals surface area contributed by atoms with Gasteiger partial charge >= 0.3 is 0 Å². The van der Waals surface area contributed by atoms with Gasteiger partial charge in [0.05, 0.1) is 0 Å². The molecule has 0 aromatic heterocycles. The highest BCUT2D eigenvalue weighted by molar-refractivity contribution is 4.85. The van der Waals surface area contributed by atoms with E-state index >= 15 is 0 Å². The Balaban J connectivity index is 1.76. The minimum Gasteiger partial charge on any atom is -0.314 e. The first kappa shape index (κ1) is 12.4. The zero-order valence-electron chi connectivity index (χ0n) is 11.2. The average molecular weight is 224 g/mol. The zero-order valence-corrected chi connectivity index (χ0v) is 11.2. The van der Waals surface area contributed by atoms with Crippen LogP contribution in [0.3, 0.4) is 0 Å². The predicted octanol–water partition coefficient (Wildman–Crippen LogP) is 2.64. The largest absolute Gasteiger partial charge is 0.314 e. The predicted molar refractivity (Wildman–Crippen MR) is 69.7 cm³/mol. The van der Waals surface area contributed by atoms with Gasteiger partial charge in [-0.15, -0.1) is 0 Å². The Morgan fingerprint density at radius 1 is 1.19 bits per heavy atom. The first-order chi connectivity index (χ1) is 7.68. The lowest BCUT2D eigenvalue weighted by atomic mass is 9.95. The Morgan fingerprint density at radius 3 is 2.56 bits per heavy atom. The minimum absolute atomic E-state index is 0.738. The van der Waals surface area contributed by atoms with Gasteiger partial charge in [-0.2, -0.15) is 0 Å². The molecule has 1 aliphatic heterocycles. The average Bonchev–Trinajstić information content (AvgIpc) is 3.09. The van der Waals surface area contributed by atoms with Crippen molar-refractivity contribution in [1.82, 2.24) is 10.2 Å². The summed E-state index contributed by atoms with van der Waals surface area (Å²) in [6.45, 7) is 9.74. The summed E-state index contributed by atoms with van der Waals surface area (Å²) >= 11 is 0. The molecule has 1 heterocycles. The summed E-state index contributed by atoms with van der Waals surface area (Å²) in [5.41, 5.74) is 0. The highest BCUT2D eigenvalue weighted by atomic mass is 15.2. The smallest absolute Gasteiger partial charge is 0.0107 e. The van der Waals surface area contributed by atoms with Gasteiger partial charge in [0.25, 0.3) is 0 Å². The van der Waals surface area contributed by atoms with Gasteiger partial charge in [-0.25, -0.2) is 0 Å². The molecule has 1 N–H and O–H groups in total. The van der Waals surface area contributed by atoms with Crippen LogP contribution in [0, 0.1) is 5.92 Å². The maximum atomic E-state index is 3.66. The summed E-state index contributed by atoms with van der Waals surface area (Å²) in [6, 6.07) is 2.39. The van der Waals surface area contributed by atoms with Gasteiger partial charge in [-0.1, -0.05) is 13.3 Å². The lowest BCUT2D eigenvalue weighted by molar-refractivity contribution is 0.0837. The van der Waals surface area contributed by atoms with Gasteiger partial charge in [0.15, 0.2) is 0 Å². The minimum atomic E-state index is 0.738. The number of nitrogens with one attached hydrogen (secondary N) is 1. The molecule has 2 fully saturated rings. The van der Waals surface area contributed by atoms with Crippen molar-refractivity contribution >= 4 is 0 Å². The quantitative estimate of drug-likeness (QED) is 0.772. The maximum absolute atomic E-state index is 3.66. The SMILES string of the molecule is CC(CNC1CC1)C(C)N1CCCCC1C. The van der Waals surface area contributed by atoms with E-state index in [9.17, 15) is 0 Å². The van der Waals surface area contributed by atoms with E-state index in [1.165, 1.54) is 45.2 Å². The lowest BCUT2D eigenvalue weighted by Gasteiger charge is -2.40. The molecule has 94 valence electrons. The molecule has 2 nitrogen and oxygen atoms in total. The molecule has 3 atom stereocenters. The Kier molecular flexibility index (Phi) is 4.26. The summed E-state index contributed by atoms with van der Waals surface area (Å²) in [7, 11) is 0. The highest BCUT2D eigenvalue weighted by Crippen LogP contribution is 2.24. The summed E-state index contributed by atoms with van der Waals surface area (Å²) in [5.74, 6) is 0.779. The molecule has 0 spiro atoms. The Bertz CT molecular complexity index is 213. The summed E-state index contributed by atoms with van der Waals surface area (Å²) in [4.78, 5) is 2.72. The van der Waals surface area contributed by atoms with E-state index in [0.717, 1.165) is 24.0 Å². The number of hydrogen-bond acceptors (Lipinski definition) is 2. The number of rotatable bonds is 5. The monoisotopic (exact) mass is 224 g/mol. The first-order valence-electron chi connectivity index (χ1n) is 7.17. The van der Waals surface area contributed by atoms with Crippen molar-refractivity contribution in [2.45, 2.75) is 71.0 Å². The third-order valence-corrected chi connectivity index (χ3v) is 4.51. The molecule has 0 amide bonds. The van der Waals surface area contributed by atoms with Crippen molar-refractivity contribution in [3.05, 3.63) is 0 Å². The zero-order chi connectivity index (χ0) is 11.5. The Labute approximate surface area is 101 Å². The topological polar surface area (TPSA) is 15.3 Å². The number of likely N-dealkylation sites (tertiary alicyclic amines) is 1. The van der Waals surface area contributed by atoms with Crippen LogP contribution in [0.1, 0.15) is 52.9 Å². The van der Waals surface area contributed by atoms with Crippen LogP contribution in [-0.2, 0) is 0 Å². The molecule has 1 aliphatic carbocycles. The maximum Gasteiger partial charge on any atom is 0.0107 e. The van der Waals surface area contributed by atoms with Gasteiger partial charge in [-0.05, 0) is 58.5 Å². The van der Waals surface area contributed by atoms with Crippen LogP contribution < -0.4 is 5.32 Å². The van der Waals surface area contributed by atoms with Crippen molar-refractivity contribution in [3.63, 3.8) is 0 Å². The van der Waals surface area contributed by atoms with E-state index in [-0.39, 0.29) is 0 Å². The molecule has 2 aliphatic rings. The fourth-order valence-corrected chi connectivity index (χ4v) is 2.86. The second-order valence-corrected chi connectivity index (χ2v) is 5.98. The number of hydrogen-bond donors (Lipinski definition) is 1.